The number of hydrogen-bond donors (Lipinski definition) is 2. The van der Waals surface area contributed by atoms with E-state index in [1.807, 2.05) is 6.92 Å². The maximum atomic E-state index is 11.7. The lowest BCUT2D eigenvalue weighted by Crippen LogP contribution is -2.40. The van der Waals surface area contributed by atoms with E-state index in [-0.39, 0.29) is 16.9 Å². The molecular formula is C16H20N4O5S. The first-order valence-electron chi connectivity index (χ1n) is 7.83. The molecule has 2 rings (SSSR count). The number of ether oxygens (including phenoxy) is 2. The highest BCUT2D eigenvalue weighted by Crippen LogP contribution is 2.32. The third-order valence-corrected chi connectivity index (χ3v) is 3.97. The van der Waals surface area contributed by atoms with Crippen molar-refractivity contribution in [3.63, 3.8) is 0 Å². The molecule has 0 atom stereocenters. The van der Waals surface area contributed by atoms with Crippen molar-refractivity contribution in [2.75, 3.05) is 26.5 Å². The Kier molecular flexibility index (Phi) is 7.27. The largest absolute Gasteiger partial charge is 0.493 e. The standard InChI is InChI=1S/C16H20N4O5S/c1-4-7-17-15(22)18-13(21)9-26-16-20-19-14(25-16)10-5-6-11(23-2)12(8-10)24-3/h5-6,8H,4,7,9H2,1-3H3,(H2,17,18,21,22). The van der Waals surface area contributed by atoms with E-state index in [1.54, 1.807) is 25.3 Å². The summed E-state index contributed by atoms with van der Waals surface area (Å²) in [6.45, 7) is 2.42. The zero-order valence-electron chi connectivity index (χ0n) is 14.7. The minimum atomic E-state index is -0.519. The fourth-order valence-electron chi connectivity index (χ4n) is 1.93. The summed E-state index contributed by atoms with van der Waals surface area (Å²) < 4.78 is 15.9. The molecule has 0 aliphatic rings. The average Bonchev–Trinajstić information content (AvgIpc) is 3.13. The Morgan fingerprint density at radius 3 is 2.65 bits per heavy atom. The lowest BCUT2D eigenvalue weighted by molar-refractivity contribution is -0.117. The van der Waals surface area contributed by atoms with Gasteiger partial charge in [-0.05, 0) is 24.6 Å². The summed E-state index contributed by atoms with van der Waals surface area (Å²) in [5.41, 5.74) is 0.658. The van der Waals surface area contributed by atoms with Crippen molar-refractivity contribution in [1.82, 2.24) is 20.8 Å². The van der Waals surface area contributed by atoms with Crippen molar-refractivity contribution in [1.29, 1.82) is 0 Å². The molecule has 9 nitrogen and oxygen atoms in total. The van der Waals surface area contributed by atoms with Gasteiger partial charge in [-0.1, -0.05) is 18.7 Å². The fraction of sp³-hybridized carbons (Fsp3) is 0.375. The summed E-state index contributed by atoms with van der Waals surface area (Å²) in [5.74, 6) is 0.940. The topological polar surface area (TPSA) is 116 Å². The number of amides is 3. The maximum Gasteiger partial charge on any atom is 0.321 e. The predicted molar refractivity (Wildman–Crippen MR) is 95.4 cm³/mol. The van der Waals surface area contributed by atoms with E-state index >= 15 is 0 Å². The number of benzene rings is 1. The van der Waals surface area contributed by atoms with Crippen LogP contribution < -0.4 is 20.1 Å². The van der Waals surface area contributed by atoms with Gasteiger partial charge in [0.25, 0.3) is 5.22 Å². The number of nitrogens with zero attached hydrogens (tertiary/aromatic N) is 2. The minimum absolute atomic E-state index is 0.0207. The monoisotopic (exact) mass is 380 g/mol. The Morgan fingerprint density at radius 2 is 1.96 bits per heavy atom. The van der Waals surface area contributed by atoms with E-state index in [4.69, 9.17) is 13.9 Å². The zero-order valence-corrected chi connectivity index (χ0v) is 15.5. The normalized spacial score (nSPS) is 10.3. The van der Waals surface area contributed by atoms with Crippen LogP contribution in [0, 0.1) is 0 Å². The fourth-order valence-corrected chi connectivity index (χ4v) is 2.49. The van der Waals surface area contributed by atoms with Crippen LogP contribution in [0.4, 0.5) is 4.79 Å². The number of urea groups is 1. The molecule has 1 aromatic heterocycles. The van der Waals surface area contributed by atoms with Crippen molar-refractivity contribution in [2.45, 2.75) is 18.6 Å². The van der Waals surface area contributed by atoms with Crippen LogP contribution in [0.3, 0.4) is 0 Å². The van der Waals surface area contributed by atoms with Crippen molar-refractivity contribution >= 4 is 23.7 Å². The number of imide groups is 1. The number of rotatable bonds is 8. The van der Waals surface area contributed by atoms with E-state index in [0.717, 1.165) is 18.2 Å². The summed E-state index contributed by atoms with van der Waals surface area (Å²) in [6, 6.07) is 4.68. The summed E-state index contributed by atoms with van der Waals surface area (Å²) in [7, 11) is 3.08. The second kappa shape index (κ2) is 9.66. The smallest absolute Gasteiger partial charge is 0.321 e. The van der Waals surface area contributed by atoms with Gasteiger partial charge in [-0.3, -0.25) is 10.1 Å². The Bertz CT molecular complexity index is 765. The molecular weight excluding hydrogens is 360 g/mol. The van der Waals surface area contributed by atoms with Crippen LogP contribution in [-0.4, -0.2) is 48.7 Å². The van der Waals surface area contributed by atoms with Crippen LogP contribution >= 0.6 is 11.8 Å². The highest BCUT2D eigenvalue weighted by molar-refractivity contribution is 7.99. The van der Waals surface area contributed by atoms with Crippen LogP contribution in [0.2, 0.25) is 0 Å². The second-order valence-corrected chi connectivity index (χ2v) is 5.96. The molecule has 0 unspecified atom stereocenters. The molecule has 10 heteroatoms. The van der Waals surface area contributed by atoms with Crippen molar-refractivity contribution in [2.24, 2.45) is 0 Å². The van der Waals surface area contributed by atoms with Gasteiger partial charge >= 0.3 is 6.03 Å². The van der Waals surface area contributed by atoms with E-state index in [0.29, 0.717) is 23.6 Å². The van der Waals surface area contributed by atoms with Crippen molar-refractivity contribution in [3.05, 3.63) is 18.2 Å². The number of carbonyl (C=O) groups is 2. The molecule has 3 amide bonds. The molecule has 0 bridgehead atoms. The zero-order chi connectivity index (χ0) is 18.9. The SMILES string of the molecule is CCCNC(=O)NC(=O)CSc1nnc(-c2ccc(OC)c(OC)c2)o1. The second-order valence-electron chi connectivity index (χ2n) is 5.04. The van der Waals surface area contributed by atoms with Gasteiger partial charge in [0, 0.05) is 12.1 Å². The Morgan fingerprint density at radius 1 is 1.19 bits per heavy atom. The number of nitrogens with one attached hydrogen (secondary N) is 2. The van der Waals surface area contributed by atoms with Crippen LogP contribution in [0.1, 0.15) is 13.3 Å². The van der Waals surface area contributed by atoms with Crippen LogP contribution in [0.5, 0.6) is 11.5 Å². The highest BCUT2D eigenvalue weighted by Gasteiger charge is 2.14. The van der Waals surface area contributed by atoms with Gasteiger partial charge in [0.05, 0.1) is 20.0 Å². The lowest BCUT2D eigenvalue weighted by Gasteiger charge is -2.07. The van der Waals surface area contributed by atoms with Crippen molar-refractivity contribution in [3.8, 4) is 23.0 Å². The molecule has 0 aliphatic carbocycles. The van der Waals surface area contributed by atoms with E-state index in [1.165, 1.54) is 7.11 Å². The van der Waals surface area contributed by atoms with Gasteiger partial charge in [-0.2, -0.15) is 0 Å². The molecule has 0 spiro atoms. The van der Waals surface area contributed by atoms with Crippen molar-refractivity contribution < 1.29 is 23.5 Å². The number of thioether (sulfide) groups is 1. The van der Waals surface area contributed by atoms with Gasteiger partial charge < -0.3 is 19.2 Å². The first-order chi connectivity index (χ1) is 12.6. The van der Waals surface area contributed by atoms with E-state index in [9.17, 15) is 9.59 Å². The van der Waals surface area contributed by atoms with Crippen LogP contribution in [0.15, 0.2) is 27.8 Å². The predicted octanol–water partition coefficient (Wildman–Crippen LogP) is 2.08. The molecule has 2 N–H and O–H groups in total. The summed E-state index contributed by atoms with van der Waals surface area (Å²) in [5, 5.41) is 12.8. The first kappa shape index (κ1) is 19.6. The first-order valence-corrected chi connectivity index (χ1v) is 8.82. The molecule has 0 saturated carbocycles. The maximum absolute atomic E-state index is 11.7. The summed E-state index contributed by atoms with van der Waals surface area (Å²) >= 11 is 1.04. The Labute approximate surface area is 154 Å². The van der Waals surface area contributed by atoms with Gasteiger partial charge in [0.2, 0.25) is 11.8 Å². The number of methoxy groups -OCH3 is 2. The summed E-state index contributed by atoms with van der Waals surface area (Å²) in [4.78, 5) is 23.1. The average molecular weight is 380 g/mol. The number of carbonyl (C=O) groups excluding carboxylic acids is 2. The van der Waals surface area contributed by atoms with Gasteiger partial charge in [-0.25, -0.2) is 4.79 Å². The van der Waals surface area contributed by atoms with Gasteiger partial charge in [-0.15, -0.1) is 10.2 Å². The van der Waals surface area contributed by atoms with E-state index < -0.39 is 11.9 Å². The lowest BCUT2D eigenvalue weighted by atomic mass is 10.2. The van der Waals surface area contributed by atoms with Crippen LogP contribution in [0.25, 0.3) is 11.5 Å². The molecule has 0 saturated heterocycles. The molecule has 0 aliphatic heterocycles. The molecule has 0 fully saturated rings. The Hall–Kier alpha value is -2.75. The third kappa shape index (κ3) is 5.38. The third-order valence-electron chi connectivity index (χ3n) is 3.15. The molecule has 1 aromatic carbocycles. The van der Waals surface area contributed by atoms with Crippen LogP contribution in [-0.2, 0) is 4.79 Å². The number of aromatic nitrogens is 2. The molecule has 2 aromatic rings. The molecule has 140 valence electrons. The highest BCUT2D eigenvalue weighted by atomic mass is 32.2. The minimum Gasteiger partial charge on any atom is -0.493 e. The molecule has 26 heavy (non-hydrogen) atoms. The molecule has 1 heterocycles. The number of hydrogen-bond acceptors (Lipinski definition) is 8. The van der Waals surface area contributed by atoms with Gasteiger partial charge in [0.15, 0.2) is 11.5 Å². The Balaban J connectivity index is 1.93. The molecule has 0 radical (unpaired) electrons. The van der Waals surface area contributed by atoms with Gasteiger partial charge in [0.1, 0.15) is 0 Å². The van der Waals surface area contributed by atoms with E-state index in [2.05, 4.69) is 20.8 Å². The summed E-state index contributed by atoms with van der Waals surface area (Å²) in [6.07, 6.45) is 0.789. The quantitative estimate of drug-likeness (QED) is 0.669.